The molecule has 0 radical (unpaired) electrons. The van der Waals surface area contributed by atoms with Gasteiger partial charge in [0.25, 0.3) is 0 Å². The Morgan fingerprint density at radius 3 is 2.67 bits per heavy atom. The highest BCUT2D eigenvalue weighted by atomic mass is 16.1. The van der Waals surface area contributed by atoms with Crippen molar-refractivity contribution in [2.45, 2.75) is 38.1 Å². The van der Waals surface area contributed by atoms with Gasteiger partial charge < -0.3 is 15.6 Å². The van der Waals surface area contributed by atoms with Crippen LogP contribution in [-0.2, 0) is 4.79 Å². The van der Waals surface area contributed by atoms with Crippen molar-refractivity contribution in [1.29, 1.82) is 0 Å². The summed E-state index contributed by atoms with van der Waals surface area (Å²) < 4.78 is 1.92. The number of rotatable bonds is 3. The second kappa shape index (κ2) is 6.40. The maximum absolute atomic E-state index is 12.9. The summed E-state index contributed by atoms with van der Waals surface area (Å²) in [5.74, 6) is 1.23. The van der Waals surface area contributed by atoms with E-state index in [0.29, 0.717) is 17.9 Å². The van der Waals surface area contributed by atoms with Crippen molar-refractivity contribution < 1.29 is 4.79 Å². The first-order chi connectivity index (χ1) is 11.7. The van der Waals surface area contributed by atoms with Crippen molar-refractivity contribution >= 4 is 11.6 Å². The standard InChI is InChI=1S/C19H24N4O/c20-18-13-4-3-5-14(18)11-15(10-13)19(24)22-16-6-1-2-7-17(16)23-9-8-21-12-23/h1-2,6-9,12-15,18H,3-5,10-11,20H2,(H,22,24). The maximum Gasteiger partial charge on any atom is 0.227 e. The minimum atomic E-state index is 0.0796. The molecular weight excluding hydrogens is 300 g/mol. The molecule has 2 saturated carbocycles. The Kier molecular flexibility index (Phi) is 4.10. The molecule has 1 aromatic carbocycles. The zero-order valence-corrected chi connectivity index (χ0v) is 13.8. The highest BCUT2D eigenvalue weighted by Crippen LogP contribution is 2.42. The highest BCUT2D eigenvalue weighted by molar-refractivity contribution is 5.94. The summed E-state index contributed by atoms with van der Waals surface area (Å²) in [7, 11) is 0. The minimum Gasteiger partial charge on any atom is -0.327 e. The van der Waals surface area contributed by atoms with Crippen LogP contribution in [0, 0.1) is 17.8 Å². The van der Waals surface area contributed by atoms with Crippen LogP contribution in [0.25, 0.3) is 5.69 Å². The molecule has 24 heavy (non-hydrogen) atoms. The molecular formula is C19H24N4O. The summed E-state index contributed by atoms with van der Waals surface area (Å²) in [4.78, 5) is 16.9. The molecule has 0 spiro atoms. The van der Waals surface area contributed by atoms with Crippen molar-refractivity contribution in [3.63, 3.8) is 0 Å². The molecule has 2 aliphatic carbocycles. The molecule has 2 bridgehead atoms. The fourth-order valence-electron chi connectivity index (χ4n) is 4.44. The average Bonchev–Trinajstić information content (AvgIpc) is 3.09. The van der Waals surface area contributed by atoms with Gasteiger partial charge in [-0.1, -0.05) is 18.6 Å². The lowest BCUT2D eigenvalue weighted by Crippen LogP contribution is -2.48. The van der Waals surface area contributed by atoms with Gasteiger partial charge in [0, 0.05) is 24.4 Å². The number of nitrogens with one attached hydrogen (secondary N) is 1. The molecule has 2 aliphatic rings. The molecule has 5 nitrogen and oxygen atoms in total. The van der Waals surface area contributed by atoms with E-state index in [-0.39, 0.29) is 11.8 Å². The smallest absolute Gasteiger partial charge is 0.227 e. The number of amides is 1. The third kappa shape index (κ3) is 2.84. The van der Waals surface area contributed by atoms with E-state index in [9.17, 15) is 4.79 Å². The Bertz CT molecular complexity index is 698. The average molecular weight is 324 g/mol. The number of carbonyl (C=O) groups is 1. The van der Waals surface area contributed by atoms with Crippen LogP contribution in [-0.4, -0.2) is 21.5 Å². The molecule has 2 aromatic rings. The molecule has 1 heterocycles. The predicted molar refractivity (Wildman–Crippen MR) is 93.7 cm³/mol. The molecule has 1 amide bonds. The highest BCUT2D eigenvalue weighted by Gasteiger charge is 2.40. The van der Waals surface area contributed by atoms with E-state index >= 15 is 0 Å². The molecule has 2 unspecified atom stereocenters. The summed E-state index contributed by atoms with van der Waals surface area (Å²) in [5.41, 5.74) is 8.12. The normalized spacial score (nSPS) is 29.2. The SMILES string of the molecule is NC1C2CCCC1CC(C(=O)Nc1ccccc1-n1ccnc1)C2. The largest absolute Gasteiger partial charge is 0.327 e. The number of imidazole rings is 1. The second-order valence-corrected chi connectivity index (χ2v) is 7.17. The van der Waals surface area contributed by atoms with E-state index < -0.39 is 0 Å². The van der Waals surface area contributed by atoms with Gasteiger partial charge in [-0.25, -0.2) is 4.98 Å². The van der Waals surface area contributed by atoms with Gasteiger partial charge in [-0.2, -0.15) is 0 Å². The third-order valence-corrected chi connectivity index (χ3v) is 5.73. The van der Waals surface area contributed by atoms with Gasteiger partial charge in [-0.05, 0) is 49.7 Å². The van der Waals surface area contributed by atoms with E-state index in [0.717, 1.165) is 24.2 Å². The van der Waals surface area contributed by atoms with Gasteiger partial charge >= 0.3 is 0 Å². The van der Waals surface area contributed by atoms with Crippen LogP contribution in [0.1, 0.15) is 32.1 Å². The van der Waals surface area contributed by atoms with Crippen molar-refractivity contribution in [3.05, 3.63) is 43.0 Å². The van der Waals surface area contributed by atoms with E-state index in [2.05, 4.69) is 10.3 Å². The first kappa shape index (κ1) is 15.4. The fraction of sp³-hybridized carbons (Fsp3) is 0.474. The van der Waals surface area contributed by atoms with E-state index in [1.54, 1.807) is 12.5 Å². The number of para-hydroxylation sites is 2. The van der Waals surface area contributed by atoms with Gasteiger partial charge in [-0.15, -0.1) is 0 Å². The molecule has 5 heteroatoms. The van der Waals surface area contributed by atoms with Crippen LogP contribution in [0.4, 0.5) is 5.69 Å². The van der Waals surface area contributed by atoms with Gasteiger partial charge in [-0.3, -0.25) is 4.79 Å². The number of aromatic nitrogens is 2. The van der Waals surface area contributed by atoms with Crippen LogP contribution in [0.15, 0.2) is 43.0 Å². The number of benzene rings is 1. The molecule has 2 atom stereocenters. The molecule has 0 saturated heterocycles. The summed E-state index contributed by atoms with van der Waals surface area (Å²) >= 11 is 0. The topological polar surface area (TPSA) is 72.9 Å². The first-order valence-electron chi connectivity index (χ1n) is 8.86. The van der Waals surface area contributed by atoms with Gasteiger partial charge in [0.2, 0.25) is 5.91 Å². The molecule has 2 fully saturated rings. The number of carbonyl (C=O) groups excluding carboxylic acids is 1. The molecule has 1 aromatic heterocycles. The van der Waals surface area contributed by atoms with Gasteiger partial charge in [0.15, 0.2) is 0 Å². The lowest BCUT2D eigenvalue weighted by Gasteiger charge is -2.43. The lowest BCUT2D eigenvalue weighted by molar-refractivity contribution is -0.122. The molecule has 3 N–H and O–H groups in total. The lowest BCUT2D eigenvalue weighted by atomic mass is 9.65. The van der Waals surface area contributed by atoms with Crippen LogP contribution in [0.5, 0.6) is 0 Å². The first-order valence-corrected chi connectivity index (χ1v) is 8.86. The Labute approximate surface area is 142 Å². The number of hydrogen-bond donors (Lipinski definition) is 2. The number of anilines is 1. The van der Waals surface area contributed by atoms with Gasteiger partial charge in [0.05, 0.1) is 17.7 Å². The Hall–Kier alpha value is -2.14. The summed E-state index contributed by atoms with van der Waals surface area (Å²) in [6.45, 7) is 0. The van der Waals surface area contributed by atoms with E-state index in [1.165, 1.54) is 19.3 Å². The van der Waals surface area contributed by atoms with Crippen LogP contribution in [0.3, 0.4) is 0 Å². The number of nitrogens with zero attached hydrogens (tertiary/aromatic N) is 2. The monoisotopic (exact) mass is 324 g/mol. The molecule has 4 rings (SSSR count). The minimum absolute atomic E-state index is 0.0796. The quantitative estimate of drug-likeness (QED) is 0.911. The van der Waals surface area contributed by atoms with Crippen LogP contribution < -0.4 is 11.1 Å². The summed E-state index contributed by atoms with van der Waals surface area (Å²) in [5, 5.41) is 3.14. The Balaban J connectivity index is 1.51. The number of nitrogens with two attached hydrogens (primary N) is 1. The summed E-state index contributed by atoms with van der Waals surface area (Å²) in [6.07, 6.45) is 10.8. The van der Waals surface area contributed by atoms with Crippen molar-refractivity contribution in [2.75, 3.05) is 5.32 Å². The zero-order chi connectivity index (χ0) is 16.5. The Morgan fingerprint density at radius 1 is 1.21 bits per heavy atom. The molecule has 0 aliphatic heterocycles. The van der Waals surface area contributed by atoms with Crippen molar-refractivity contribution in [1.82, 2.24) is 9.55 Å². The number of fused-ring (bicyclic) bond motifs is 2. The maximum atomic E-state index is 12.9. The van der Waals surface area contributed by atoms with Crippen molar-refractivity contribution in [3.8, 4) is 5.69 Å². The van der Waals surface area contributed by atoms with E-state index in [1.807, 2.05) is 35.0 Å². The number of hydrogen-bond acceptors (Lipinski definition) is 3. The second-order valence-electron chi connectivity index (χ2n) is 7.17. The molecule has 126 valence electrons. The van der Waals surface area contributed by atoms with E-state index in [4.69, 9.17) is 5.73 Å². The zero-order valence-electron chi connectivity index (χ0n) is 13.8. The predicted octanol–water partition coefficient (Wildman–Crippen LogP) is 2.96. The Morgan fingerprint density at radius 2 is 1.96 bits per heavy atom. The van der Waals surface area contributed by atoms with Crippen molar-refractivity contribution in [2.24, 2.45) is 23.5 Å². The van der Waals surface area contributed by atoms with Gasteiger partial charge in [0.1, 0.15) is 0 Å². The van der Waals surface area contributed by atoms with Crippen LogP contribution >= 0.6 is 0 Å². The fourth-order valence-corrected chi connectivity index (χ4v) is 4.44. The van der Waals surface area contributed by atoms with Crippen LogP contribution in [0.2, 0.25) is 0 Å². The third-order valence-electron chi connectivity index (χ3n) is 5.73. The summed E-state index contributed by atoms with van der Waals surface area (Å²) in [6, 6.07) is 8.14.